The number of aromatic amines is 1. The largest absolute Gasteiger partial charge is 0.481 e. The lowest BCUT2D eigenvalue weighted by atomic mass is 9.65. The number of nitrogens with zero attached hydrogens (tertiary/aromatic N) is 6. The highest BCUT2D eigenvalue weighted by atomic mass is 16.4. The van der Waals surface area contributed by atoms with E-state index in [0.29, 0.717) is 35.2 Å². The molecular weight excluding hydrogens is 406 g/mol. The monoisotopic (exact) mass is 433 g/mol. The van der Waals surface area contributed by atoms with E-state index in [1.54, 1.807) is 18.5 Å². The van der Waals surface area contributed by atoms with Gasteiger partial charge in [-0.1, -0.05) is 0 Å². The van der Waals surface area contributed by atoms with E-state index in [0.717, 1.165) is 63.0 Å². The first kappa shape index (κ1) is 20.5. The number of hydrogen-bond acceptors (Lipinski definition) is 7. The summed E-state index contributed by atoms with van der Waals surface area (Å²) in [5.41, 5.74) is 1.23. The fraction of sp³-hybridized carbons (Fsp3) is 0.478. The summed E-state index contributed by atoms with van der Waals surface area (Å²) in [5.74, 6) is 2.28. The predicted octanol–water partition coefficient (Wildman–Crippen LogP) is 3.58. The SMILES string of the molecule is O=C(O)CC1CCC2(CC1)CCN(c1ccc(-c3n[nH]c(-c4ncccn4)n3)cn1)CC2. The van der Waals surface area contributed by atoms with E-state index in [-0.39, 0.29) is 0 Å². The first-order chi connectivity index (χ1) is 15.6. The van der Waals surface area contributed by atoms with Crippen LogP contribution >= 0.6 is 0 Å². The normalized spacial score (nSPS) is 18.7. The van der Waals surface area contributed by atoms with E-state index < -0.39 is 5.97 Å². The summed E-state index contributed by atoms with van der Waals surface area (Å²) in [6.07, 6.45) is 12.2. The second-order valence-electron chi connectivity index (χ2n) is 9.01. The molecule has 2 N–H and O–H groups in total. The number of aromatic nitrogens is 6. The van der Waals surface area contributed by atoms with Crippen molar-refractivity contribution in [1.29, 1.82) is 0 Å². The Hall–Kier alpha value is -3.36. The molecule has 5 rings (SSSR count). The molecule has 3 aromatic rings. The van der Waals surface area contributed by atoms with Crippen LogP contribution in [0.25, 0.3) is 23.0 Å². The van der Waals surface area contributed by atoms with Gasteiger partial charge in [-0.15, -0.1) is 0 Å². The predicted molar refractivity (Wildman–Crippen MR) is 119 cm³/mol. The van der Waals surface area contributed by atoms with Gasteiger partial charge in [-0.3, -0.25) is 9.89 Å². The van der Waals surface area contributed by atoms with Crippen molar-refractivity contribution in [2.75, 3.05) is 18.0 Å². The van der Waals surface area contributed by atoms with Gasteiger partial charge in [-0.25, -0.2) is 19.9 Å². The number of pyridine rings is 1. The smallest absolute Gasteiger partial charge is 0.303 e. The summed E-state index contributed by atoms with van der Waals surface area (Å²) in [6.45, 7) is 1.98. The fourth-order valence-electron chi connectivity index (χ4n) is 5.07. The molecule has 1 aliphatic carbocycles. The van der Waals surface area contributed by atoms with Crippen molar-refractivity contribution in [2.24, 2.45) is 11.3 Å². The van der Waals surface area contributed by atoms with Gasteiger partial charge in [0, 0.05) is 43.7 Å². The average molecular weight is 434 g/mol. The lowest BCUT2D eigenvalue weighted by Crippen LogP contribution is -2.42. The highest BCUT2D eigenvalue weighted by Gasteiger charge is 2.38. The average Bonchev–Trinajstić information content (AvgIpc) is 3.32. The minimum atomic E-state index is -0.662. The van der Waals surface area contributed by atoms with Crippen LogP contribution in [-0.2, 0) is 4.79 Å². The zero-order valence-electron chi connectivity index (χ0n) is 17.9. The number of carbonyl (C=O) groups is 1. The number of piperidine rings is 1. The molecule has 1 aliphatic heterocycles. The third kappa shape index (κ3) is 4.32. The molecule has 0 aromatic carbocycles. The molecule has 166 valence electrons. The van der Waals surface area contributed by atoms with Gasteiger partial charge < -0.3 is 10.0 Å². The Morgan fingerprint density at radius 1 is 1.06 bits per heavy atom. The first-order valence-electron chi connectivity index (χ1n) is 11.2. The number of anilines is 1. The van der Waals surface area contributed by atoms with Crippen LogP contribution < -0.4 is 4.90 Å². The molecule has 1 saturated heterocycles. The van der Waals surface area contributed by atoms with Crippen LogP contribution in [0.15, 0.2) is 36.8 Å². The molecular formula is C23H27N7O2. The van der Waals surface area contributed by atoms with Gasteiger partial charge in [0.25, 0.3) is 0 Å². The molecule has 0 amide bonds. The molecule has 1 spiro atoms. The number of H-pyrrole nitrogens is 1. The van der Waals surface area contributed by atoms with Crippen LogP contribution in [0.2, 0.25) is 0 Å². The zero-order valence-corrected chi connectivity index (χ0v) is 17.9. The Balaban J connectivity index is 1.19. The van der Waals surface area contributed by atoms with Crippen LogP contribution in [0.3, 0.4) is 0 Å². The molecule has 1 saturated carbocycles. The minimum absolute atomic E-state index is 0.323. The van der Waals surface area contributed by atoms with Gasteiger partial charge in [-0.2, -0.15) is 5.10 Å². The highest BCUT2D eigenvalue weighted by molar-refractivity contribution is 5.67. The van der Waals surface area contributed by atoms with Crippen molar-refractivity contribution in [1.82, 2.24) is 30.1 Å². The number of carboxylic acid groups (broad SMARTS) is 1. The molecule has 0 unspecified atom stereocenters. The van der Waals surface area contributed by atoms with Gasteiger partial charge in [-0.05, 0) is 68.1 Å². The number of rotatable bonds is 5. The number of aliphatic carboxylic acids is 1. The van der Waals surface area contributed by atoms with Crippen LogP contribution in [0.4, 0.5) is 5.82 Å². The van der Waals surface area contributed by atoms with Crippen molar-refractivity contribution in [3.63, 3.8) is 0 Å². The maximum absolute atomic E-state index is 11.0. The quantitative estimate of drug-likeness (QED) is 0.626. The Kier molecular flexibility index (Phi) is 5.55. The second kappa shape index (κ2) is 8.64. The Bertz CT molecular complexity index is 1050. The van der Waals surface area contributed by atoms with E-state index in [1.165, 1.54) is 0 Å². The molecule has 2 fully saturated rings. The lowest BCUT2D eigenvalue weighted by Gasteiger charge is -2.46. The Labute approximate surface area is 186 Å². The minimum Gasteiger partial charge on any atom is -0.481 e. The van der Waals surface area contributed by atoms with Crippen molar-refractivity contribution in [3.8, 4) is 23.0 Å². The van der Waals surface area contributed by atoms with Crippen LogP contribution in [0.1, 0.15) is 44.9 Å². The maximum Gasteiger partial charge on any atom is 0.303 e. The standard InChI is InChI=1S/C23H27N7O2/c31-19(32)14-16-4-6-23(7-5-16)8-12-30(13-9-23)18-3-2-17(15-26-18)20-27-22(29-28-20)21-24-10-1-11-25-21/h1-3,10-11,15-16H,4-9,12-14H2,(H,31,32)(H,27,28,29). The fourth-order valence-corrected chi connectivity index (χ4v) is 5.07. The van der Waals surface area contributed by atoms with E-state index in [2.05, 4.69) is 35.0 Å². The summed E-state index contributed by atoms with van der Waals surface area (Å²) in [4.78, 5) is 30.9. The van der Waals surface area contributed by atoms with Crippen LogP contribution in [0.5, 0.6) is 0 Å². The topological polar surface area (TPSA) is 121 Å². The first-order valence-corrected chi connectivity index (χ1v) is 11.2. The van der Waals surface area contributed by atoms with E-state index in [9.17, 15) is 4.79 Å². The van der Waals surface area contributed by atoms with E-state index in [4.69, 9.17) is 5.11 Å². The van der Waals surface area contributed by atoms with Crippen molar-refractivity contribution >= 4 is 11.8 Å². The highest BCUT2D eigenvalue weighted by Crippen LogP contribution is 2.47. The molecule has 3 aromatic heterocycles. The number of nitrogens with one attached hydrogen (secondary N) is 1. The molecule has 0 atom stereocenters. The summed E-state index contributed by atoms with van der Waals surface area (Å²) in [5, 5.41) is 16.2. The van der Waals surface area contributed by atoms with Gasteiger partial charge in [0.2, 0.25) is 0 Å². The number of carboxylic acids is 1. The van der Waals surface area contributed by atoms with Crippen molar-refractivity contribution in [2.45, 2.75) is 44.9 Å². The molecule has 32 heavy (non-hydrogen) atoms. The van der Waals surface area contributed by atoms with Crippen LogP contribution in [0, 0.1) is 11.3 Å². The molecule has 9 heteroatoms. The van der Waals surface area contributed by atoms with Gasteiger partial charge >= 0.3 is 5.97 Å². The third-order valence-electron chi connectivity index (χ3n) is 7.05. The van der Waals surface area contributed by atoms with Crippen molar-refractivity contribution in [3.05, 3.63) is 36.8 Å². The van der Waals surface area contributed by atoms with Gasteiger partial charge in [0.15, 0.2) is 17.5 Å². The van der Waals surface area contributed by atoms with E-state index in [1.807, 2.05) is 18.3 Å². The summed E-state index contributed by atoms with van der Waals surface area (Å²) in [7, 11) is 0. The number of hydrogen-bond donors (Lipinski definition) is 2. The molecule has 0 radical (unpaired) electrons. The second-order valence-corrected chi connectivity index (χ2v) is 9.01. The van der Waals surface area contributed by atoms with E-state index >= 15 is 0 Å². The lowest BCUT2D eigenvalue weighted by molar-refractivity contribution is -0.138. The summed E-state index contributed by atoms with van der Waals surface area (Å²) in [6, 6.07) is 5.80. The molecule has 0 bridgehead atoms. The molecule has 4 heterocycles. The third-order valence-corrected chi connectivity index (χ3v) is 7.05. The summed E-state index contributed by atoms with van der Waals surface area (Å²) < 4.78 is 0. The van der Waals surface area contributed by atoms with Crippen molar-refractivity contribution < 1.29 is 9.90 Å². The van der Waals surface area contributed by atoms with Gasteiger partial charge in [0.1, 0.15) is 5.82 Å². The van der Waals surface area contributed by atoms with Crippen LogP contribution in [-0.4, -0.2) is 54.3 Å². The summed E-state index contributed by atoms with van der Waals surface area (Å²) >= 11 is 0. The molecule has 2 aliphatic rings. The Morgan fingerprint density at radius 3 is 2.47 bits per heavy atom. The zero-order chi connectivity index (χ0) is 22.0. The van der Waals surface area contributed by atoms with Gasteiger partial charge in [0.05, 0.1) is 0 Å². The maximum atomic E-state index is 11.0. The Morgan fingerprint density at radius 2 is 1.81 bits per heavy atom. The molecule has 9 nitrogen and oxygen atoms in total.